The van der Waals surface area contributed by atoms with Crippen molar-refractivity contribution in [3.63, 3.8) is 0 Å². The Morgan fingerprint density at radius 2 is 2.53 bits per heavy atom. The number of aliphatic hydroxyl groups excluding tert-OH is 1. The van der Waals surface area contributed by atoms with Crippen LogP contribution in [-0.2, 0) is 16.1 Å². The summed E-state index contributed by atoms with van der Waals surface area (Å²) in [6, 6.07) is 5.10. The third-order valence-corrected chi connectivity index (χ3v) is 3.23. The quantitative estimate of drug-likeness (QED) is 0.774. The van der Waals surface area contributed by atoms with Crippen LogP contribution in [0.4, 0.5) is 0 Å². The molecule has 6 nitrogen and oxygen atoms in total. The Balaban J connectivity index is 2.17. The number of aromatic nitrogens is 1. The summed E-state index contributed by atoms with van der Waals surface area (Å²) >= 11 is 0. The van der Waals surface area contributed by atoms with Crippen molar-refractivity contribution in [3.05, 3.63) is 29.6 Å². The van der Waals surface area contributed by atoms with E-state index in [1.54, 1.807) is 18.3 Å². The maximum absolute atomic E-state index is 11.7. The van der Waals surface area contributed by atoms with Crippen LogP contribution in [0, 0.1) is 11.3 Å². The molecule has 0 aliphatic carbocycles. The normalized spacial score (nSPS) is 23.0. The summed E-state index contributed by atoms with van der Waals surface area (Å²) in [4.78, 5) is 17.5. The Morgan fingerprint density at radius 3 is 3.21 bits per heavy atom. The van der Waals surface area contributed by atoms with Crippen molar-refractivity contribution in [1.29, 1.82) is 5.26 Å². The molecule has 0 radical (unpaired) electrons. The van der Waals surface area contributed by atoms with Crippen molar-refractivity contribution >= 4 is 5.97 Å². The van der Waals surface area contributed by atoms with Crippen LogP contribution < -0.4 is 0 Å². The summed E-state index contributed by atoms with van der Waals surface area (Å²) in [5, 5.41) is 18.7. The summed E-state index contributed by atoms with van der Waals surface area (Å²) in [6.45, 7) is 0.785. The molecule has 1 aliphatic rings. The highest BCUT2D eigenvalue weighted by molar-refractivity contribution is 5.76. The number of hydrogen-bond acceptors (Lipinski definition) is 6. The van der Waals surface area contributed by atoms with Crippen molar-refractivity contribution in [2.24, 2.45) is 0 Å². The fraction of sp³-hybridized carbons (Fsp3) is 0.462. The first-order valence-corrected chi connectivity index (χ1v) is 5.99. The highest BCUT2D eigenvalue weighted by Crippen LogP contribution is 2.22. The monoisotopic (exact) mass is 261 g/mol. The van der Waals surface area contributed by atoms with Crippen molar-refractivity contribution in [3.8, 4) is 6.07 Å². The third kappa shape index (κ3) is 2.89. The van der Waals surface area contributed by atoms with Gasteiger partial charge >= 0.3 is 5.97 Å². The lowest BCUT2D eigenvalue weighted by Crippen LogP contribution is -2.36. The van der Waals surface area contributed by atoms with Crippen LogP contribution in [0.5, 0.6) is 0 Å². The highest BCUT2D eigenvalue weighted by Gasteiger charge is 2.36. The van der Waals surface area contributed by atoms with E-state index in [9.17, 15) is 9.90 Å². The second kappa shape index (κ2) is 5.78. The zero-order valence-electron chi connectivity index (χ0n) is 10.6. The first-order valence-electron chi connectivity index (χ1n) is 5.99. The number of carbonyl (C=O) groups excluding carboxylic acids is 1. The number of methoxy groups -OCH3 is 1. The summed E-state index contributed by atoms with van der Waals surface area (Å²) < 4.78 is 4.73. The molecule has 1 fully saturated rings. The Hall–Kier alpha value is -1.97. The maximum atomic E-state index is 11.7. The van der Waals surface area contributed by atoms with Gasteiger partial charge in [-0.25, -0.2) is 4.98 Å². The largest absolute Gasteiger partial charge is 0.468 e. The number of carbonyl (C=O) groups is 1. The number of rotatable bonds is 3. The number of pyridine rings is 1. The molecule has 0 spiro atoms. The summed E-state index contributed by atoms with van der Waals surface area (Å²) in [5.41, 5.74) is 1.08. The molecule has 100 valence electrons. The van der Waals surface area contributed by atoms with E-state index in [0.29, 0.717) is 25.2 Å². The lowest BCUT2D eigenvalue weighted by atomic mass is 10.1. The topological polar surface area (TPSA) is 86.5 Å². The lowest BCUT2D eigenvalue weighted by molar-refractivity contribution is -0.146. The number of aliphatic hydroxyl groups is 1. The molecule has 2 unspecified atom stereocenters. The van der Waals surface area contributed by atoms with E-state index in [1.807, 2.05) is 11.0 Å². The van der Waals surface area contributed by atoms with Crippen molar-refractivity contribution in [1.82, 2.24) is 9.88 Å². The van der Waals surface area contributed by atoms with Gasteiger partial charge in [-0.3, -0.25) is 9.69 Å². The molecule has 1 aromatic rings. The molecule has 19 heavy (non-hydrogen) atoms. The number of nitrogens with zero attached hydrogens (tertiary/aromatic N) is 3. The number of β-amino-alcohol motifs (C(OH)–C–C–N with tert-alkyl or cyclic N) is 1. The van der Waals surface area contributed by atoms with E-state index in [0.717, 1.165) is 5.56 Å². The van der Waals surface area contributed by atoms with Crippen LogP contribution >= 0.6 is 0 Å². The van der Waals surface area contributed by atoms with E-state index in [4.69, 9.17) is 10.00 Å². The van der Waals surface area contributed by atoms with Crippen LogP contribution in [-0.4, -0.2) is 46.8 Å². The predicted octanol–water partition coefficient (Wildman–Crippen LogP) is 0.0615. The zero-order chi connectivity index (χ0) is 13.8. The first kappa shape index (κ1) is 13.5. The first-order chi connectivity index (χ1) is 9.15. The number of likely N-dealkylation sites (tertiary alicyclic amines) is 1. The van der Waals surface area contributed by atoms with Gasteiger partial charge in [0.15, 0.2) is 0 Å². The average molecular weight is 261 g/mol. The molecule has 1 aliphatic heterocycles. The maximum Gasteiger partial charge on any atom is 0.323 e. The van der Waals surface area contributed by atoms with Crippen molar-refractivity contribution in [2.75, 3.05) is 13.7 Å². The van der Waals surface area contributed by atoms with Crippen molar-refractivity contribution in [2.45, 2.75) is 25.1 Å². The third-order valence-electron chi connectivity index (χ3n) is 3.23. The van der Waals surface area contributed by atoms with E-state index >= 15 is 0 Å². The van der Waals surface area contributed by atoms with Gasteiger partial charge in [0.2, 0.25) is 0 Å². The predicted molar refractivity (Wildman–Crippen MR) is 65.8 cm³/mol. The van der Waals surface area contributed by atoms with Crippen LogP contribution in [0.2, 0.25) is 0 Å². The van der Waals surface area contributed by atoms with Crippen LogP contribution in [0.25, 0.3) is 0 Å². The van der Waals surface area contributed by atoms with E-state index < -0.39 is 12.1 Å². The molecule has 2 rings (SSSR count). The van der Waals surface area contributed by atoms with E-state index in [-0.39, 0.29) is 5.97 Å². The fourth-order valence-electron chi connectivity index (χ4n) is 2.32. The van der Waals surface area contributed by atoms with Crippen LogP contribution in [0.1, 0.15) is 17.7 Å². The van der Waals surface area contributed by atoms with E-state index in [1.165, 1.54) is 7.11 Å². The summed E-state index contributed by atoms with van der Waals surface area (Å²) in [7, 11) is 1.33. The molecular formula is C13H15N3O3. The molecule has 6 heteroatoms. The van der Waals surface area contributed by atoms with Gasteiger partial charge in [-0.2, -0.15) is 5.26 Å². The molecule has 1 N–H and O–H groups in total. The molecule has 1 aromatic heterocycles. The molecule has 0 aromatic carbocycles. The Kier molecular flexibility index (Phi) is 4.10. The van der Waals surface area contributed by atoms with E-state index in [2.05, 4.69) is 4.98 Å². The molecule has 2 heterocycles. The van der Waals surface area contributed by atoms with Gasteiger partial charge in [0.05, 0.1) is 13.2 Å². The molecule has 0 amide bonds. The fourth-order valence-corrected chi connectivity index (χ4v) is 2.32. The van der Waals surface area contributed by atoms with Gasteiger partial charge in [-0.05, 0) is 6.07 Å². The minimum atomic E-state index is -0.550. The Morgan fingerprint density at radius 1 is 1.74 bits per heavy atom. The van der Waals surface area contributed by atoms with Gasteiger partial charge in [-0.15, -0.1) is 0 Å². The Bertz CT molecular complexity index is 512. The lowest BCUT2D eigenvalue weighted by Gasteiger charge is -2.22. The number of esters is 1. The zero-order valence-corrected chi connectivity index (χ0v) is 10.6. The SMILES string of the molecule is COC(=O)C1CC(O)CN1Cc1cccnc1C#N. The molecule has 1 saturated heterocycles. The van der Waals surface area contributed by atoms with Gasteiger partial charge in [-0.1, -0.05) is 6.07 Å². The molecular weight excluding hydrogens is 246 g/mol. The standard InChI is InChI=1S/C13H15N3O3/c1-19-13(18)12-5-10(17)8-16(12)7-9-3-2-4-15-11(9)6-14/h2-4,10,12,17H,5,7-8H2,1H3. The smallest absolute Gasteiger partial charge is 0.323 e. The van der Waals surface area contributed by atoms with Gasteiger partial charge in [0.1, 0.15) is 17.8 Å². The molecule has 0 bridgehead atoms. The minimum Gasteiger partial charge on any atom is -0.468 e. The Labute approximate surface area is 111 Å². The van der Waals surface area contributed by atoms with Crippen LogP contribution in [0.3, 0.4) is 0 Å². The highest BCUT2D eigenvalue weighted by atomic mass is 16.5. The van der Waals surface area contributed by atoms with Gasteiger partial charge in [0, 0.05) is 31.3 Å². The van der Waals surface area contributed by atoms with Gasteiger partial charge in [0.25, 0.3) is 0 Å². The second-order valence-corrected chi connectivity index (χ2v) is 4.48. The van der Waals surface area contributed by atoms with Gasteiger partial charge < -0.3 is 9.84 Å². The molecule has 2 atom stereocenters. The number of nitriles is 1. The van der Waals surface area contributed by atoms with Crippen LogP contribution in [0.15, 0.2) is 18.3 Å². The number of hydrogen-bond donors (Lipinski definition) is 1. The number of ether oxygens (including phenoxy) is 1. The summed E-state index contributed by atoms with van der Waals surface area (Å²) in [5.74, 6) is -0.362. The minimum absolute atomic E-state index is 0.340. The average Bonchev–Trinajstić information content (AvgIpc) is 2.79. The summed E-state index contributed by atoms with van der Waals surface area (Å²) in [6.07, 6.45) is 1.36. The molecule has 0 saturated carbocycles. The second-order valence-electron chi connectivity index (χ2n) is 4.48. The van der Waals surface area contributed by atoms with Crippen molar-refractivity contribution < 1.29 is 14.6 Å².